The summed E-state index contributed by atoms with van der Waals surface area (Å²) in [7, 11) is 0. The molecule has 0 aromatic carbocycles. The minimum Gasteiger partial charge on any atom is -0.394 e. The van der Waals surface area contributed by atoms with Crippen molar-refractivity contribution in [2.24, 2.45) is 0 Å². The van der Waals surface area contributed by atoms with Crippen LogP contribution >= 0.6 is 0 Å². The van der Waals surface area contributed by atoms with E-state index in [0.29, 0.717) is 0 Å². The zero-order valence-corrected chi connectivity index (χ0v) is 19.7. The molecule has 0 aliphatic carbocycles. The molecule has 9 unspecified atom stereocenters. The molecule has 3 aliphatic heterocycles. The van der Waals surface area contributed by atoms with Crippen molar-refractivity contribution in [3.63, 3.8) is 0 Å². The fourth-order valence-corrected chi connectivity index (χ4v) is 4.46. The molecule has 37 heavy (non-hydrogen) atoms. The fraction of sp³-hybridized carbons (Fsp3) is 0.950. The minimum absolute atomic E-state index is 0.684. The van der Waals surface area contributed by atoms with E-state index < -0.39 is 118 Å². The normalized spacial score (nSPS) is 49.0. The summed E-state index contributed by atoms with van der Waals surface area (Å²) in [5.74, 6) is -0.684. The number of hydrogen-bond donors (Lipinski definition) is 11. The lowest BCUT2D eigenvalue weighted by atomic mass is 9.94. The van der Waals surface area contributed by atoms with Gasteiger partial charge in [-0.05, 0) is 0 Å². The van der Waals surface area contributed by atoms with Gasteiger partial charge in [0.2, 0.25) is 5.91 Å². The van der Waals surface area contributed by atoms with Gasteiger partial charge >= 0.3 is 0 Å². The Kier molecular flexibility index (Phi) is 10.5. The monoisotopic (exact) mass is 545 g/mol. The second kappa shape index (κ2) is 12.8. The number of ether oxygens (including phenoxy) is 5. The third kappa shape index (κ3) is 6.38. The lowest BCUT2D eigenvalue weighted by molar-refractivity contribution is -0.365. The number of carbonyl (C=O) groups excluding carboxylic acids is 1. The molecule has 216 valence electrons. The Morgan fingerprint density at radius 1 is 0.649 bits per heavy atom. The van der Waals surface area contributed by atoms with Crippen LogP contribution in [0.2, 0.25) is 0 Å². The third-order valence-corrected chi connectivity index (χ3v) is 6.49. The SMILES string of the molecule is CC(=O)NC1C(O)[C@H](O[C@@H]2OC(CO)[C@H](O)C(O)C2O)C(CO)O[C@H]1OC1C(O)[C@H](O)OC(CO)[C@@H]1O. The molecule has 0 radical (unpaired) electrons. The molecule has 11 N–H and O–H groups in total. The van der Waals surface area contributed by atoms with Gasteiger partial charge in [-0.25, -0.2) is 0 Å². The maximum Gasteiger partial charge on any atom is 0.217 e. The van der Waals surface area contributed by atoms with Gasteiger partial charge < -0.3 is 80.1 Å². The van der Waals surface area contributed by atoms with Crippen LogP contribution in [0.4, 0.5) is 0 Å². The Morgan fingerprint density at radius 3 is 1.76 bits per heavy atom. The van der Waals surface area contributed by atoms with Gasteiger partial charge in [-0.3, -0.25) is 4.79 Å². The van der Waals surface area contributed by atoms with Crippen LogP contribution in [0.15, 0.2) is 0 Å². The van der Waals surface area contributed by atoms with E-state index in [-0.39, 0.29) is 0 Å². The first-order valence-electron chi connectivity index (χ1n) is 11.6. The predicted molar refractivity (Wildman–Crippen MR) is 113 cm³/mol. The summed E-state index contributed by atoms with van der Waals surface area (Å²) >= 11 is 0. The van der Waals surface area contributed by atoms with Gasteiger partial charge in [0.15, 0.2) is 18.9 Å². The molecule has 17 heteroatoms. The first-order chi connectivity index (χ1) is 17.4. The smallest absolute Gasteiger partial charge is 0.217 e. The molecule has 3 rings (SSSR count). The number of hydrogen-bond acceptors (Lipinski definition) is 16. The van der Waals surface area contributed by atoms with Gasteiger partial charge in [0, 0.05) is 6.92 Å². The average molecular weight is 545 g/mol. The minimum atomic E-state index is -1.87. The van der Waals surface area contributed by atoms with Crippen LogP contribution in [0, 0.1) is 0 Å². The van der Waals surface area contributed by atoms with Crippen molar-refractivity contribution in [1.82, 2.24) is 5.32 Å². The summed E-state index contributed by atoms with van der Waals surface area (Å²) < 4.78 is 27.0. The number of nitrogens with one attached hydrogen (secondary N) is 1. The molecule has 3 fully saturated rings. The highest BCUT2D eigenvalue weighted by molar-refractivity contribution is 5.73. The molecule has 3 aliphatic rings. The molecule has 0 spiro atoms. The molecule has 1 amide bonds. The van der Waals surface area contributed by atoms with Crippen LogP contribution < -0.4 is 5.32 Å². The molecule has 3 saturated heterocycles. The summed E-state index contributed by atoms with van der Waals surface area (Å²) in [6, 6.07) is -1.48. The topological polar surface area (TPSA) is 278 Å². The molecule has 3 heterocycles. The lowest BCUT2D eigenvalue weighted by Crippen LogP contribution is -2.69. The van der Waals surface area contributed by atoms with Crippen LogP contribution in [0.1, 0.15) is 6.92 Å². The quantitative estimate of drug-likeness (QED) is 0.135. The van der Waals surface area contributed by atoms with Crippen molar-refractivity contribution in [2.45, 2.75) is 99.0 Å². The Labute approximate surface area is 210 Å². The molecule has 17 nitrogen and oxygen atoms in total. The molecule has 15 atom stereocenters. The first kappa shape index (κ1) is 30.4. The first-order valence-corrected chi connectivity index (χ1v) is 11.6. The van der Waals surface area contributed by atoms with Crippen molar-refractivity contribution < 1.29 is 79.5 Å². The van der Waals surface area contributed by atoms with Gasteiger partial charge in [-0.15, -0.1) is 0 Å². The molecule has 0 aromatic rings. The summed E-state index contributed by atoms with van der Waals surface area (Å²) in [4.78, 5) is 11.9. The van der Waals surface area contributed by atoms with Crippen molar-refractivity contribution in [3.8, 4) is 0 Å². The van der Waals surface area contributed by atoms with Crippen LogP contribution in [-0.2, 0) is 28.5 Å². The van der Waals surface area contributed by atoms with E-state index in [1.54, 1.807) is 0 Å². The summed E-state index contributed by atoms with van der Waals surface area (Å²) in [5, 5.41) is 103. The largest absolute Gasteiger partial charge is 0.394 e. The maximum atomic E-state index is 11.9. The van der Waals surface area contributed by atoms with E-state index in [4.69, 9.17) is 23.7 Å². The molecular formula is C20H35NO16. The van der Waals surface area contributed by atoms with Crippen molar-refractivity contribution in [1.29, 1.82) is 0 Å². The summed E-state index contributed by atoms with van der Waals surface area (Å²) in [5.41, 5.74) is 0. The highest BCUT2D eigenvalue weighted by Gasteiger charge is 2.53. The average Bonchev–Trinajstić information content (AvgIpc) is 2.87. The second-order valence-corrected chi connectivity index (χ2v) is 9.07. The molecule has 0 aromatic heterocycles. The highest BCUT2D eigenvalue weighted by Crippen LogP contribution is 2.32. The standard InChI is InChI=1S/C20H35NO16/c1-5(25)21-9-12(28)16(36-20-14(30)13(29)10(26)6(2-22)34-20)8(4-24)35-19(9)37-17-11(27)7(3-23)33-18(32)15(17)31/h6-20,22-24,26-32H,2-4H2,1H3,(H,21,25)/t6?,7?,8?,9?,10-,11-,12?,13?,14?,15?,16+,17?,18+,19-,20-/m0/s1. The van der Waals surface area contributed by atoms with E-state index in [1.165, 1.54) is 0 Å². The van der Waals surface area contributed by atoms with Crippen LogP contribution in [0.25, 0.3) is 0 Å². The van der Waals surface area contributed by atoms with Crippen molar-refractivity contribution >= 4 is 5.91 Å². The summed E-state index contributed by atoms with van der Waals surface area (Å²) in [6.45, 7) is -1.23. The number of aliphatic hydroxyl groups is 10. The van der Waals surface area contributed by atoms with E-state index >= 15 is 0 Å². The Bertz CT molecular complexity index is 745. The van der Waals surface area contributed by atoms with Gasteiger partial charge in [0.1, 0.15) is 73.2 Å². The van der Waals surface area contributed by atoms with Crippen LogP contribution in [0.3, 0.4) is 0 Å². The number of carbonyl (C=O) groups is 1. The van der Waals surface area contributed by atoms with Crippen LogP contribution in [0.5, 0.6) is 0 Å². The van der Waals surface area contributed by atoms with E-state index in [0.717, 1.165) is 6.92 Å². The maximum absolute atomic E-state index is 11.9. The fourth-order valence-electron chi connectivity index (χ4n) is 4.46. The molecule has 0 saturated carbocycles. The number of aliphatic hydroxyl groups excluding tert-OH is 10. The molecular weight excluding hydrogens is 510 g/mol. The Morgan fingerprint density at radius 2 is 1.19 bits per heavy atom. The Hall–Kier alpha value is -1.13. The predicted octanol–water partition coefficient (Wildman–Crippen LogP) is -7.43. The van der Waals surface area contributed by atoms with E-state index in [2.05, 4.69) is 5.32 Å². The van der Waals surface area contributed by atoms with Gasteiger partial charge in [0.05, 0.1) is 19.8 Å². The number of amides is 1. The highest BCUT2D eigenvalue weighted by atomic mass is 16.7. The lowest BCUT2D eigenvalue weighted by Gasteiger charge is -2.49. The van der Waals surface area contributed by atoms with Gasteiger partial charge in [-0.1, -0.05) is 0 Å². The Balaban J connectivity index is 1.83. The zero-order chi connectivity index (χ0) is 27.6. The number of rotatable bonds is 8. The van der Waals surface area contributed by atoms with Crippen LogP contribution in [-0.4, -0.2) is 169 Å². The van der Waals surface area contributed by atoms with Crippen molar-refractivity contribution in [2.75, 3.05) is 19.8 Å². The molecule has 0 bridgehead atoms. The van der Waals surface area contributed by atoms with E-state index in [9.17, 15) is 55.9 Å². The van der Waals surface area contributed by atoms with Gasteiger partial charge in [-0.2, -0.15) is 0 Å². The van der Waals surface area contributed by atoms with E-state index in [1.807, 2.05) is 0 Å². The zero-order valence-electron chi connectivity index (χ0n) is 19.7. The third-order valence-electron chi connectivity index (χ3n) is 6.49. The second-order valence-electron chi connectivity index (χ2n) is 9.07. The van der Waals surface area contributed by atoms with Gasteiger partial charge in [0.25, 0.3) is 0 Å². The van der Waals surface area contributed by atoms with Crippen molar-refractivity contribution in [3.05, 3.63) is 0 Å². The summed E-state index contributed by atoms with van der Waals surface area (Å²) in [6.07, 6.45) is -23.2.